The van der Waals surface area contributed by atoms with Crippen molar-refractivity contribution in [3.63, 3.8) is 0 Å². The van der Waals surface area contributed by atoms with Crippen LogP contribution in [-0.2, 0) is 6.54 Å². The molecule has 0 saturated heterocycles. The molecule has 1 N–H and O–H groups in total. The molecule has 0 amide bonds. The lowest BCUT2D eigenvalue weighted by Gasteiger charge is -2.14. The molecule has 0 fully saturated rings. The van der Waals surface area contributed by atoms with Crippen molar-refractivity contribution in [3.05, 3.63) is 28.8 Å². The molecule has 1 aromatic rings. The van der Waals surface area contributed by atoms with Crippen molar-refractivity contribution >= 4 is 11.6 Å². The number of ether oxygens (including phenoxy) is 1. The smallest absolute Gasteiger partial charge is 0.125 e. The monoisotopic (exact) mass is 273 g/mol. The highest BCUT2D eigenvalue weighted by molar-refractivity contribution is 6.31. The van der Waals surface area contributed by atoms with Gasteiger partial charge in [0.1, 0.15) is 5.75 Å². The molecule has 4 heteroatoms. The summed E-state index contributed by atoms with van der Waals surface area (Å²) in [6.45, 7) is 5.92. The third-order valence-electron chi connectivity index (χ3n) is 2.47. The van der Waals surface area contributed by atoms with E-state index >= 15 is 0 Å². The van der Waals surface area contributed by atoms with Gasteiger partial charge in [0, 0.05) is 23.6 Å². The fourth-order valence-electron chi connectivity index (χ4n) is 1.57. The van der Waals surface area contributed by atoms with Crippen molar-refractivity contribution in [2.75, 3.05) is 19.8 Å². The Morgan fingerprint density at radius 2 is 2.17 bits per heavy atom. The predicted molar refractivity (Wildman–Crippen MR) is 74.1 cm³/mol. The molecule has 0 aromatic heterocycles. The van der Waals surface area contributed by atoms with E-state index in [0.29, 0.717) is 30.5 Å². The maximum Gasteiger partial charge on any atom is 0.125 e. The number of hydrogen-bond donors (Lipinski definition) is 1. The van der Waals surface area contributed by atoms with Gasteiger partial charge in [-0.1, -0.05) is 31.5 Å². The molecular weight excluding hydrogens is 253 g/mol. The van der Waals surface area contributed by atoms with Crippen molar-refractivity contribution in [1.29, 1.82) is 0 Å². The summed E-state index contributed by atoms with van der Waals surface area (Å²) in [7, 11) is 0. The Morgan fingerprint density at radius 3 is 2.83 bits per heavy atom. The number of alkyl halides is 1. The molecule has 0 atom stereocenters. The first-order valence-corrected chi connectivity index (χ1v) is 6.69. The fourth-order valence-corrected chi connectivity index (χ4v) is 1.80. The Balaban J connectivity index is 2.61. The first kappa shape index (κ1) is 15.3. The zero-order valence-electron chi connectivity index (χ0n) is 11.0. The normalized spacial score (nSPS) is 10.9. The van der Waals surface area contributed by atoms with Gasteiger partial charge in [0.15, 0.2) is 0 Å². The van der Waals surface area contributed by atoms with Crippen molar-refractivity contribution in [2.24, 2.45) is 5.92 Å². The number of halogens is 2. The van der Waals surface area contributed by atoms with E-state index in [4.69, 9.17) is 16.3 Å². The van der Waals surface area contributed by atoms with E-state index in [-0.39, 0.29) is 6.67 Å². The molecule has 18 heavy (non-hydrogen) atoms. The van der Waals surface area contributed by atoms with Gasteiger partial charge in [0.25, 0.3) is 0 Å². The first-order chi connectivity index (χ1) is 8.65. The number of rotatable bonds is 8. The summed E-state index contributed by atoms with van der Waals surface area (Å²) in [6.07, 6.45) is 0.408. The largest absolute Gasteiger partial charge is 0.493 e. The van der Waals surface area contributed by atoms with Gasteiger partial charge in [-0.15, -0.1) is 0 Å². The highest BCUT2D eigenvalue weighted by Crippen LogP contribution is 2.26. The van der Waals surface area contributed by atoms with Gasteiger partial charge in [0.2, 0.25) is 0 Å². The molecule has 1 aromatic carbocycles. The van der Waals surface area contributed by atoms with Gasteiger partial charge in [-0.05, 0) is 24.6 Å². The van der Waals surface area contributed by atoms with E-state index in [9.17, 15) is 4.39 Å². The molecule has 0 saturated carbocycles. The average molecular weight is 274 g/mol. The highest BCUT2D eigenvalue weighted by atomic mass is 35.5. The minimum Gasteiger partial charge on any atom is -0.493 e. The second kappa shape index (κ2) is 8.33. The number of benzene rings is 1. The SMILES string of the molecule is CC(C)CNCc1c(Cl)cccc1OCCCF. The maximum absolute atomic E-state index is 12.0. The van der Waals surface area contributed by atoms with Crippen LogP contribution in [0.3, 0.4) is 0 Å². The van der Waals surface area contributed by atoms with Crippen LogP contribution >= 0.6 is 11.6 Å². The third kappa shape index (κ3) is 5.23. The Hall–Kier alpha value is -0.800. The van der Waals surface area contributed by atoms with Crippen LogP contribution in [0.25, 0.3) is 0 Å². The van der Waals surface area contributed by atoms with Crippen molar-refractivity contribution in [3.8, 4) is 5.75 Å². The van der Waals surface area contributed by atoms with Gasteiger partial charge in [-0.2, -0.15) is 0 Å². The summed E-state index contributed by atoms with van der Waals surface area (Å²) in [4.78, 5) is 0. The standard InChI is InChI=1S/C14H21ClFNO/c1-11(2)9-17-10-12-13(15)5-3-6-14(12)18-8-4-7-16/h3,5-6,11,17H,4,7-10H2,1-2H3. The lowest BCUT2D eigenvalue weighted by molar-refractivity contribution is 0.286. The molecule has 0 aliphatic rings. The number of hydrogen-bond acceptors (Lipinski definition) is 2. The van der Waals surface area contributed by atoms with Crippen LogP contribution in [0.5, 0.6) is 5.75 Å². The van der Waals surface area contributed by atoms with E-state index in [1.807, 2.05) is 18.2 Å². The summed E-state index contributed by atoms with van der Waals surface area (Å²) < 4.78 is 17.6. The summed E-state index contributed by atoms with van der Waals surface area (Å²) in [5, 5.41) is 4.02. The van der Waals surface area contributed by atoms with Crippen LogP contribution in [0, 0.1) is 5.92 Å². The van der Waals surface area contributed by atoms with Crippen molar-refractivity contribution in [2.45, 2.75) is 26.8 Å². The molecule has 0 radical (unpaired) electrons. The zero-order chi connectivity index (χ0) is 13.4. The topological polar surface area (TPSA) is 21.3 Å². The van der Waals surface area contributed by atoms with Gasteiger partial charge in [-0.25, -0.2) is 0 Å². The van der Waals surface area contributed by atoms with Crippen molar-refractivity contribution in [1.82, 2.24) is 5.32 Å². The maximum atomic E-state index is 12.0. The molecule has 0 spiro atoms. The minimum absolute atomic E-state index is 0.360. The van der Waals surface area contributed by atoms with Crippen molar-refractivity contribution < 1.29 is 9.13 Å². The van der Waals surface area contributed by atoms with Crippen LogP contribution < -0.4 is 10.1 Å². The minimum atomic E-state index is -0.360. The van der Waals surface area contributed by atoms with Gasteiger partial charge >= 0.3 is 0 Å². The quantitative estimate of drug-likeness (QED) is 0.727. The van der Waals surface area contributed by atoms with Gasteiger partial charge in [-0.3, -0.25) is 4.39 Å². The summed E-state index contributed by atoms with van der Waals surface area (Å²) in [5.74, 6) is 1.33. The summed E-state index contributed by atoms with van der Waals surface area (Å²) in [5.41, 5.74) is 0.943. The molecule has 0 bridgehead atoms. The molecule has 1 rings (SSSR count). The molecule has 0 heterocycles. The van der Waals surface area contributed by atoms with Crippen LogP contribution in [0.2, 0.25) is 5.02 Å². The summed E-state index contributed by atoms with van der Waals surface area (Å²) in [6, 6.07) is 5.56. The van der Waals surface area contributed by atoms with E-state index in [1.165, 1.54) is 0 Å². The van der Waals surface area contributed by atoms with E-state index in [1.54, 1.807) is 0 Å². The van der Waals surface area contributed by atoms with Gasteiger partial charge in [0.05, 0.1) is 13.3 Å². The molecule has 0 unspecified atom stereocenters. The molecule has 102 valence electrons. The molecule has 0 aliphatic heterocycles. The Bertz CT molecular complexity index is 358. The second-order valence-electron chi connectivity index (χ2n) is 4.63. The number of nitrogens with one attached hydrogen (secondary N) is 1. The molecule has 2 nitrogen and oxygen atoms in total. The van der Waals surface area contributed by atoms with E-state index in [2.05, 4.69) is 19.2 Å². The Kier molecular flexibility index (Phi) is 7.06. The van der Waals surface area contributed by atoms with Crippen LogP contribution in [-0.4, -0.2) is 19.8 Å². The third-order valence-corrected chi connectivity index (χ3v) is 2.82. The molecular formula is C14H21ClFNO. The second-order valence-corrected chi connectivity index (χ2v) is 5.04. The van der Waals surface area contributed by atoms with Crippen LogP contribution in [0.15, 0.2) is 18.2 Å². The fraction of sp³-hybridized carbons (Fsp3) is 0.571. The lowest BCUT2D eigenvalue weighted by atomic mass is 10.1. The first-order valence-electron chi connectivity index (χ1n) is 6.32. The lowest BCUT2D eigenvalue weighted by Crippen LogP contribution is -2.19. The average Bonchev–Trinajstić information content (AvgIpc) is 2.32. The van der Waals surface area contributed by atoms with Crippen LogP contribution in [0.4, 0.5) is 4.39 Å². The van der Waals surface area contributed by atoms with E-state index in [0.717, 1.165) is 17.9 Å². The van der Waals surface area contributed by atoms with Crippen LogP contribution in [0.1, 0.15) is 25.8 Å². The van der Waals surface area contributed by atoms with E-state index < -0.39 is 0 Å². The zero-order valence-corrected chi connectivity index (χ0v) is 11.8. The Labute approximate surface area is 113 Å². The summed E-state index contributed by atoms with van der Waals surface area (Å²) >= 11 is 6.16. The molecule has 0 aliphatic carbocycles. The Morgan fingerprint density at radius 1 is 1.39 bits per heavy atom. The van der Waals surface area contributed by atoms with Gasteiger partial charge < -0.3 is 10.1 Å². The highest BCUT2D eigenvalue weighted by Gasteiger charge is 2.08. The predicted octanol–water partition coefficient (Wildman–Crippen LogP) is 3.82.